The van der Waals surface area contributed by atoms with E-state index >= 15 is 0 Å². The molecule has 3 rings (SSSR count). The van der Waals surface area contributed by atoms with Crippen LogP contribution in [0.1, 0.15) is 18.8 Å². The number of fused-ring (bicyclic) bond motifs is 1. The summed E-state index contributed by atoms with van der Waals surface area (Å²) in [6.07, 6.45) is 3.14. The van der Waals surface area contributed by atoms with Crippen molar-refractivity contribution in [2.24, 2.45) is 7.05 Å². The van der Waals surface area contributed by atoms with Gasteiger partial charge in [-0.25, -0.2) is 4.98 Å². The first-order chi connectivity index (χ1) is 10.1. The summed E-state index contributed by atoms with van der Waals surface area (Å²) in [6.45, 7) is 1.89. The number of benzene rings is 1. The fraction of sp³-hybridized carbons (Fsp3) is 0.286. The minimum Gasteiger partial charge on any atom is -0.497 e. The van der Waals surface area contributed by atoms with E-state index in [2.05, 4.69) is 15.2 Å². The molecule has 0 amide bonds. The third-order valence-electron chi connectivity index (χ3n) is 3.53. The van der Waals surface area contributed by atoms with Crippen LogP contribution in [0.15, 0.2) is 35.6 Å². The maximum atomic E-state index is 12.7. The van der Waals surface area contributed by atoms with Crippen molar-refractivity contribution in [2.75, 3.05) is 7.11 Å². The second kappa shape index (κ2) is 5.01. The van der Waals surface area contributed by atoms with E-state index in [1.54, 1.807) is 40.8 Å². The number of aromatic nitrogens is 5. The molecule has 3 aromatic rings. The van der Waals surface area contributed by atoms with Crippen LogP contribution < -0.4 is 10.3 Å². The molecule has 0 saturated heterocycles. The van der Waals surface area contributed by atoms with Gasteiger partial charge in [0.15, 0.2) is 5.82 Å². The van der Waals surface area contributed by atoms with E-state index in [9.17, 15) is 4.79 Å². The van der Waals surface area contributed by atoms with Gasteiger partial charge in [0.25, 0.3) is 5.56 Å². The van der Waals surface area contributed by atoms with Gasteiger partial charge in [-0.15, -0.1) is 10.2 Å². The number of rotatable bonds is 3. The number of aryl methyl sites for hydroxylation is 1. The minimum absolute atomic E-state index is 0.130. The SMILES string of the molecule is COc1ccc2ncn(C(C)c3nncn3C)c(=O)c2c1. The Labute approximate surface area is 120 Å². The lowest BCUT2D eigenvalue weighted by Gasteiger charge is -2.14. The first-order valence-electron chi connectivity index (χ1n) is 6.50. The lowest BCUT2D eigenvalue weighted by Crippen LogP contribution is -2.26. The van der Waals surface area contributed by atoms with Crippen LogP contribution in [0.5, 0.6) is 5.75 Å². The highest BCUT2D eigenvalue weighted by atomic mass is 16.5. The molecule has 0 aliphatic heterocycles. The van der Waals surface area contributed by atoms with Crippen LogP contribution in [-0.2, 0) is 7.05 Å². The standard InChI is InChI=1S/C14H15N5O2/c1-9(13-17-16-8-18(13)2)19-7-15-12-5-4-10(21-3)6-11(12)14(19)20/h4-9H,1-3H3. The smallest absolute Gasteiger partial charge is 0.261 e. The van der Waals surface area contributed by atoms with E-state index in [1.165, 1.54) is 6.33 Å². The van der Waals surface area contributed by atoms with Crippen molar-refractivity contribution in [2.45, 2.75) is 13.0 Å². The van der Waals surface area contributed by atoms with Crippen LogP contribution in [0.25, 0.3) is 10.9 Å². The van der Waals surface area contributed by atoms with Gasteiger partial charge in [-0.05, 0) is 25.1 Å². The number of ether oxygens (including phenoxy) is 1. The summed E-state index contributed by atoms with van der Waals surface area (Å²) in [5, 5.41) is 8.41. The fourth-order valence-corrected chi connectivity index (χ4v) is 2.31. The van der Waals surface area contributed by atoms with Crippen molar-refractivity contribution in [3.8, 4) is 5.75 Å². The Kier molecular flexibility index (Phi) is 3.17. The average molecular weight is 285 g/mol. The number of nitrogens with zero attached hydrogens (tertiary/aromatic N) is 5. The van der Waals surface area contributed by atoms with Crippen molar-refractivity contribution in [1.82, 2.24) is 24.3 Å². The summed E-state index contributed by atoms with van der Waals surface area (Å²) in [5.74, 6) is 1.33. The van der Waals surface area contributed by atoms with Gasteiger partial charge in [-0.2, -0.15) is 0 Å². The van der Waals surface area contributed by atoms with Gasteiger partial charge in [0, 0.05) is 7.05 Å². The highest BCUT2D eigenvalue weighted by molar-refractivity contribution is 5.78. The predicted octanol–water partition coefficient (Wildman–Crippen LogP) is 1.14. The van der Waals surface area contributed by atoms with Crippen LogP contribution >= 0.6 is 0 Å². The van der Waals surface area contributed by atoms with Gasteiger partial charge in [0.05, 0.1) is 30.4 Å². The molecule has 0 radical (unpaired) electrons. The molecular formula is C14H15N5O2. The van der Waals surface area contributed by atoms with Gasteiger partial charge in [-0.3, -0.25) is 9.36 Å². The van der Waals surface area contributed by atoms with Gasteiger partial charge in [0.2, 0.25) is 0 Å². The summed E-state index contributed by atoms with van der Waals surface area (Å²) < 4.78 is 8.50. The molecular weight excluding hydrogens is 270 g/mol. The molecule has 0 aliphatic carbocycles. The van der Waals surface area contributed by atoms with Crippen LogP contribution in [0.4, 0.5) is 0 Å². The average Bonchev–Trinajstić information content (AvgIpc) is 2.93. The van der Waals surface area contributed by atoms with E-state index in [4.69, 9.17) is 4.74 Å². The monoisotopic (exact) mass is 285 g/mol. The second-order valence-electron chi connectivity index (χ2n) is 4.82. The third kappa shape index (κ3) is 2.16. The molecule has 1 unspecified atom stereocenters. The minimum atomic E-state index is -0.256. The first-order valence-corrected chi connectivity index (χ1v) is 6.50. The Balaban J connectivity index is 2.18. The van der Waals surface area contributed by atoms with Gasteiger partial charge < -0.3 is 9.30 Å². The molecule has 0 bridgehead atoms. The van der Waals surface area contributed by atoms with Gasteiger partial charge in [0.1, 0.15) is 12.1 Å². The largest absolute Gasteiger partial charge is 0.497 e. The normalized spacial score (nSPS) is 12.5. The van der Waals surface area contributed by atoms with Crippen molar-refractivity contribution < 1.29 is 4.74 Å². The quantitative estimate of drug-likeness (QED) is 0.721. The molecule has 0 fully saturated rings. The van der Waals surface area contributed by atoms with Crippen molar-refractivity contribution >= 4 is 10.9 Å². The van der Waals surface area contributed by atoms with Gasteiger partial charge in [-0.1, -0.05) is 0 Å². The molecule has 0 aliphatic rings. The number of hydrogen-bond donors (Lipinski definition) is 0. The van der Waals surface area contributed by atoms with E-state index in [-0.39, 0.29) is 11.6 Å². The molecule has 7 heteroatoms. The first kappa shape index (κ1) is 13.3. The number of methoxy groups -OCH3 is 1. The molecule has 21 heavy (non-hydrogen) atoms. The van der Waals surface area contributed by atoms with Crippen LogP contribution in [0.3, 0.4) is 0 Å². The highest BCUT2D eigenvalue weighted by Gasteiger charge is 2.16. The summed E-state index contributed by atoms with van der Waals surface area (Å²) in [7, 11) is 3.41. The molecule has 7 nitrogen and oxygen atoms in total. The maximum absolute atomic E-state index is 12.7. The molecule has 108 valence electrons. The molecule has 2 aromatic heterocycles. The van der Waals surface area contributed by atoms with E-state index in [0.29, 0.717) is 22.5 Å². The Morgan fingerprint density at radius 1 is 1.29 bits per heavy atom. The van der Waals surface area contributed by atoms with Crippen LogP contribution in [0.2, 0.25) is 0 Å². The second-order valence-corrected chi connectivity index (χ2v) is 4.82. The Morgan fingerprint density at radius 3 is 2.76 bits per heavy atom. The Morgan fingerprint density at radius 2 is 2.10 bits per heavy atom. The van der Waals surface area contributed by atoms with Crippen LogP contribution in [0, 0.1) is 0 Å². The summed E-state index contributed by atoms with van der Waals surface area (Å²) >= 11 is 0. The maximum Gasteiger partial charge on any atom is 0.261 e. The summed E-state index contributed by atoms with van der Waals surface area (Å²) in [6, 6.07) is 5.00. The fourth-order valence-electron chi connectivity index (χ4n) is 2.31. The van der Waals surface area contributed by atoms with E-state index in [0.717, 1.165) is 0 Å². The molecule has 2 heterocycles. The van der Waals surface area contributed by atoms with E-state index in [1.807, 2.05) is 14.0 Å². The zero-order chi connectivity index (χ0) is 15.0. The molecule has 0 saturated carbocycles. The lowest BCUT2D eigenvalue weighted by atomic mass is 10.2. The molecule has 0 N–H and O–H groups in total. The summed E-state index contributed by atoms with van der Waals surface area (Å²) in [5.41, 5.74) is 0.511. The van der Waals surface area contributed by atoms with Crippen molar-refractivity contribution in [3.63, 3.8) is 0 Å². The number of hydrogen-bond acceptors (Lipinski definition) is 5. The highest BCUT2D eigenvalue weighted by Crippen LogP contribution is 2.18. The topological polar surface area (TPSA) is 74.8 Å². The van der Waals surface area contributed by atoms with E-state index < -0.39 is 0 Å². The molecule has 0 spiro atoms. The zero-order valence-corrected chi connectivity index (χ0v) is 12.0. The lowest BCUT2D eigenvalue weighted by molar-refractivity contribution is 0.415. The summed E-state index contributed by atoms with van der Waals surface area (Å²) in [4.78, 5) is 17.0. The van der Waals surface area contributed by atoms with Crippen molar-refractivity contribution in [3.05, 3.63) is 47.0 Å². The Bertz CT molecular complexity index is 852. The molecule has 1 aromatic carbocycles. The zero-order valence-electron chi connectivity index (χ0n) is 12.0. The molecule has 1 atom stereocenters. The third-order valence-corrected chi connectivity index (χ3v) is 3.53. The Hall–Kier alpha value is -2.70. The van der Waals surface area contributed by atoms with Crippen LogP contribution in [-0.4, -0.2) is 31.4 Å². The van der Waals surface area contributed by atoms with Crippen molar-refractivity contribution in [1.29, 1.82) is 0 Å². The predicted molar refractivity (Wildman–Crippen MR) is 77.4 cm³/mol. The van der Waals surface area contributed by atoms with Gasteiger partial charge >= 0.3 is 0 Å².